The molecule has 0 fully saturated rings. The van der Waals surface area contributed by atoms with Crippen LogP contribution in [0.5, 0.6) is 0 Å². The van der Waals surface area contributed by atoms with Gasteiger partial charge >= 0.3 is 0 Å². The van der Waals surface area contributed by atoms with Crippen molar-refractivity contribution in [1.29, 1.82) is 0 Å². The number of carbonyl (C=O) groups excluding carboxylic acids is 1. The Morgan fingerprint density at radius 1 is 1.29 bits per heavy atom. The Labute approximate surface area is 99.5 Å². The fourth-order valence-electron chi connectivity index (χ4n) is 1.51. The number of aromatic nitrogens is 1. The average molecular weight is 227 g/mol. The van der Waals surface area contributed by atoms with Crippen LogP contribution in [0.25, 0.3) is 0 Å². The summed E-state index contributed by atoms with van der Waals surface area (Å²) in [5.41, 5.74) is 8.34. The molecule has 1 heterocycles. The van der Waals surface area contributed by atoms with Crippen LogP contribution in [-0.2, 0) is 0 Å². The summed E-state index contributed by atoms with van der Waals surface area (Å²) < 4.78 is 0. The zero-order valence-corrected chi connectivity index (χ0v) is 9.47. The number of nitrogens with two attached hydrogens (primary N) is 1. The first-order valence-corrected chi connectivity index (χ1v) is 5.25. The second kappa shape index (κ2) is 4.65. The summed E-state index contributed by atoms with van der Waals surface area (Å²) in [5.74, 6) is -0.211. The van der Waals surface area contributed by atoms with E-state index in [2.05, 4.69) is 10.3 Å². The first-order chi connectivity index (χ1) is 8.18. The van der Waals surface area contributed by atoms with Gasteiger partial charge in [-0.25, -0.2) is 0 Å². The van der Waals surface area contributed by atoms with Gasteiger partial charge in [0.05, 0.1) is 5.56 Å². The molecule has 1 amide bonds. The molecule has 0 aliphatic rings. The second-order valence-corrected chi connectivity index (χ2v) is 3.73. The number of anilines is 2. The van der Waals surface area contributed by atoms with E-state index in [1.165, 1.54) is 0 Å². The highest BCUT2D eigenvalue weighted by atomic mass is 16.1. The molecule has 0 spiro atoms. The maximum atomic E-state index is 12.0. The van der Waals surface area contributed by atoms with Crippen molar-refractivity contribution in [3.05, 3.63) is 53.9 Å². The fourth-order valence-corrected chi connectivity index (χ4v) is 1.51. The minimum atomic E-state index is -0.211. The zero-order valence-electron chi connectivity index (χ0n) is 9.47. The zero-order chi connectivity index (χ0) is 12.3. The van der Waals surface area contributed by atoms with Gasteiger partial charge < -0.3 is 11.1 Å². The molecule has 0 unspecified atom stereocenters. The van der Waals surface area contributed by atoms with Crippen LogP contribution in [-0.4, -0.2) is 10.9 Å². The minimum absolute atomic E-state index is 0.211. The number of pyridine rings is 1. The third-order valence-electron chi connectivity index (χ3n) is 2.47. The molecule has 3 N–H and O–H groups in total. The van der Waals surface area contributed by atoms with Crippen LogP contribution in [0.3, 0.4) is 0 Å². The molecule has 0 aliphatic heterocycles. The van der Waals surface area contributed by atoms with Gasteiger partial charge in [0.2, 0.25) is 0 Å². The number of benzene rings is 1. The van der Waals surface area contributed by atoms with Crippen LogP contribution in [0, 0.1) is 6.92 Å². The molecule has 0 aliphatic carbocycles. The van der Waals surface area contributed by atoms with E-state index in [4.69, 9.17) is 5.73 Å². The van der Waals surface area contributed by atoms with Gasteiger partial charge in [0.15, 0.2) is 0 Å². The van der Waals surface area contributed by atoms with Crippen molar-refractivity contribution < 1.29 is 4.79 Å². The average Bonchev–Trinajstić information content (AvgIpc) is 2.32. The van der Waals surface area contributed by atoms with E-state index in [9.17, 15) is 4.79 Å². The number of rotatable bonds is 2. The molecular weight excluding hydrogens is 214 g/mol. The van der Waals surface area contributed by atoms with E-state index in [0.717, 1.165) is 11.3 Å². The topological polar surface area (TPSA) is 68.0 Å². The van der Waals surface area contributed by atoms with Crippen LogP contribution < -0.4 is 11.1 Å². The fraction of sp³-hybridized carbons (Fsp3) is 0.0769. The summed E-state index contributed by atoms with van der Waals surface area (Å²) in [6.45, 7) is 1.89. The Bertz CT molecular complexity index is 552. The molecule has 0 saturated carbocycles. The number of nitrogens with one attached hydrogen (secondary N) is 1. The second-order valence-electron chi connectivity index (χ2n) is 3.73. The molecule has 0 saturated heterocycles. The number of para-hydroxylation sites is 1. The number of nitrogens with zero attached hydrogens (tertiary/aromatic N) is 1. The summed E-state index contributed by atoms with van der Waals surface area (Å²) in [7, 11) is 0. The van der Waals surface area contributed by atoms with E-state index in [-0.39, 0.29) is 5.91 Å². The predicted molar refractivity (Wildman–Crippen MR) is 67.8 cm³/mol. The Morgan fingerprint density at radius 3 is 2.76 bits per heavy atom. The molecule has 1 aromatic heterocycles. The van der Waals surface area contributed by atoms with Gasteiger partial charge in [0.25, 0.3) is 5.91 Å². The van der Waals surface area contributed by atoms with Crippen LogP contribution in [0.1, 0.15) is 15.9 Å². The van der Waals surface area contributed by atoms with E-state index in [1.807, 2.05) is 6.92 Å². The molecule has 4 nitrogen and oxygen atoms in total. The van der Waals surface area contributed by atoms with Gasteiger partial charge in [-0.3, -0.25) is 9.78 Å². The Morgan fingerprint density at radius 2 is 2.06 bits per heavy atom. The van der Waals surface area contributed by atoms with Crippen LogP contribution in [0.2, 0.25) is 0 Å². The van der Waals surface area contributed by atoms with Crippen molar-refractivity contribution in [2.75, 3.05) is 11.1 Å². The van der Waals surface area contributed by atoms with Gasteiger partial charge in [-0.2, -0.15) is 0 Å². The molecule has 2 aromatic rings. The van der Waals surface area contributed by atoms with Crippen molar-refractivity contribution in [3.63, 3.8) is 0 Å². The first-order valence-electron chi connectivity index (χ1n) is 5.25. The van der Waals surface area contributed by atoms with Gasteiger partial charge in [-0.1, -0.05) is 12.1 Å². The molecule has 4 heteroatoms. The quantitative estimate of drug-likeness (QED) is 0.773. The molecular formula is C13H13N3O. The van der Waals surface area contributed by atoms with E-state index in [0.29, 0.717) is 11.3 Å². The van der Waals surface area contributed by atoms with Gasteiger partial charge in [0.1, 0.15) is 0 Å². The Kier molecular flexibility index (Phi) is 3.05. The van der Waals surface area contributed by atoms with Crippen molar-refractivity contribution >= 4 is 17.3 Å². The monoisotopic (exact) mass is 227 g/mol. The smallest absolute Gasteiger partial charge is 0.257 e. The summed E-state index contributed by atoms with van der Waals surface area (Å²) in [6.07, 6.45) is 3.33. The number of hydrogen-bond donors (Lipinski definition) is 2. The highest BCUT2D eigenvalue weighted by Gasteiger charge is 2.09. The number of nitrogen functional groups attached to an aromatic ring is 1. The van der Waals surface area contributed by atoms with Crippen molar-refractivity contribution in [2.24, 2.45) is 0 Å². The first kappa shape index (κ1) is 11.1. The Balaban J connectivity index is 2.24. The van der Waals surface area contributed by atoms with Gasteiger partial charge in [-0.15, -0.1) is 0 Å². The third-order valence-corrected chi connectivity index (χ3v) is 2.47. The van der Waals surface area contributed by atoms with Crippen LogP contribution in [0.4, 0.5) is 11.4 Å². The molecule has 0 bridgehead atoms. The normalized spacial score (nSPS) is 9.94. The highest BCUT2D eigenvalue weighted by Crippen LogP contribution is 2.16. The molecule has 1 aromatic carbocycles. The standard InChI is InChI=1S/C13H13N3O/c1-9-8-15-7-6-12(9)16-13(17)10-4-2-3-5-11(10)14/h2-8H,14H2,1H3,(H,15,16,17). The van der Waals surface area contributed by atoms with E-state index < -0.39 is 0 Å². The summed E-state index contributed by atoms with van der Waals surface area (Å²) >= 11 is 0. The van der Waals surface area contributed by atoms with Gasteiger partial charge in [-0.05, 0) is 30.7 Å². The van der Waals surface area contributed by atoms with E-state index >= 15 is 0 Å². The lowest BCUT2D eigenvalue weighted by atomic mass is 10.1. The van der Waals surface area contributed by atoms with Crippen molar-refractivity contribution in [1.82, 2.24) is 4.98 Å². The summed E-state index contributed by atoms with van der Waals surface area (Å²) in [6, 6.07) is 8.73. The molecule has 0 radical (unpaired) electrons. The molecule has 86 valence electrons. The lowest BCUT2D eigenvalue weighted by molar-refractivity contribution is 0.102. The van der Waals surface area contributed by atoms with E-state index in [1.54, 1.807) is 42.7 Å². The number of aryl methyl sites for hydroxylation is 1. The number of carbonyl (C=O) groups is 1. The largest absolute Gasteiger partial charge is 0.398 e. The lowest BCUT2D eigenvalue weighted by Gasteiger charge is -2.08. The number of amides is 1. The van der Waals surface area contributed by atoms with Crippen LogP contribution in [0.15, 0.2) is 42.7 Å². The molecule has 17 heavy (non-hydrogen) atoms. The van der Waals surface area contributed by atoms with Crippen molar-refractivity contribution in [2.45, 2.75) is 6.92 Å². The Hall–Kier alpha value is -2.36. The molecule has 0 atom stereocenters. The third kappa shape index (κ3) is 2.42. The summed E-state index contributed by atoms with van der Waals surface area (Å²) in [5, 5.41) is 2.81. The SMILES string of the molecule is Cc1cnccc1NC(=O)c1ccccc1N. The predicted octanol–water partition coefficient (Wildman–Crippen LogP) is 2.22. The lowest BCUT2D eigenvalue weighted by Crippen LogP contribution is -2.14. The number of hydrogen-bond acceptors (Lipinski definition) is 3. The van der Waals surface area contributed by atoms with Gasteiger partial charge in [0, 0.05) is 23.8 Å². The summed E-state index contributed by atoms with van der Waals surface area (Å²) in [4.78, 5) is 15.9. The maximum absolute atomic E-state index is 12.0. The van der Waals surface area contributed by atoms with Crippen molar-refractivity contribution in [3.8, 4) is 0 Å². The maximum Gasteiger partial charge on any atom is 0.257 e. The van der Waals surface area contributed by atoms with Crippen LogP contribution >= 0.6 is 0 Å². The minimum Gasteiger partial charge on any atom is -0.398 e. The highest BCUT2D eigenvalue weighted by molar-refractivity contribution is 6.07. The molecule has 2 rings (SSSR count).